The van der Waals surface area contributed by atoms with Crippen molar-refractivity contribution in [2.24, 2.45) is 22.2 Å². The Morgan fingerprint density at radius 1 is 0.953 bits per heavy atom. The van der Waals surface area contributed by atoms with Gasteiger partial charge in [0.2, 0.25) is 0 Å². The Kier molecular flexibility index (Phi) is 9.02. The van der Waals surface area contributed by atoms with Crippen LogP contribution in [-0.4, -0.2) is 34.2 Å². The summed E-state index contributed by atoms with van der Waals surface area (Å²) in [6.07, 6.45) is 8.42. The second-order valence-electron chi connectivity index (χ2n) is 14.6. The van der Waals surface area contributed by atoms with Crippen molar-refractivity contribution in [1.82, 2.24) is 0 Å². The highest BCUT2D eigenvalue weighted by Gasteiger charge is 2.78. The molecule has 4 rings (SSSR count). The van der Waals surface area contributed by atoms with E-state index in [1.807, 2.05) is 46.8 Å². The summed E-state index contributed by atoms with van der Waals surface area (Å²) in [6, 6.07) is 8.86. The van der Waals surface area contributed by atoms with Gasteiger partial charge in [-0.05, 0) is 98.8 Å². The minimum Gasteiger partial charge on any atom is -0.490 e. The van der Waals surface area contributed by atoms with Gasteiger partial charge >= 0.3 is 0 Å². The van der Waals surface area contributed by atoms with E-state index in [4.69, 9.17) is 4.74 Å². The van der Waals surface area contributed by atoms with E-state index in [1.165, 1.54) is 0 Å². The van der Waals surface area contributed by atoms with Crippen LogP contribution in [0.3, 0.4) is 0 Å². The van der Waals surface area contributed by atoms with Gasteiger partial charge in [0, 0.05) is 17.6 Å². The van der Waals surface area contributed by atoms with E-state index < -0.39 is 39.5 Å². The summed E-state index contributed by atoms with van der Waals surface area (Å²) in [5.74, 6) is -0.935. The number of carbonyl (C=O) groups is 3. The van der Waals surface area contributed by atoms with Crippen LogP contribution in [0.5, 0.6) is 0 Å². The molecule has 0 radical (unpaired) electrons. The summed E-state index contributed by atoms with van der Waals surface area (Å²) in [5.41, 5.74) is -1.14. The zero-order chi connectivity index (χ0) is 32.0. The molecular formula is C38H50O5. The first kappa shape index (κ1) is 32.9. The number of rotatable bonds is 10. The van der Waals surface area contributed by atoms with Crippen LogP contribution < -0.4 is 0 Å². The number of fused-ring (bicyclic) bond motifs is 1. The maximum atomic E-state index is 15.4. The third-order valence-corrected chi connectivity index (χ3v) is 10.2. The van der Waals surface area contributed by atoms with Crippen molar-refractivity contribution in [3.05, 3.63) is 82.2 Å². The largest absolute Gasteiger partial charge is 0.490 e. The van der Waals surface area contributed by atoms with E-state index in [1.54, 1.807) is 38.1 Å². The minimum atomic E-state index is -1.91. The maximum Gasteiger partial charge on any atom is 0.184 e. The predicted octanol–water partition coefficient (Wildman–Crippen LogP) is 8.29. The van der Waals surface area contributed by atoms with Crippen molar-refractivity contribution in [2.45, 2.75) is 113 Å². The number of hydrogen-bond acceptors (Lipinski definition) is 5. The molecule has 2 fully saturated rings. The van der Waals surface area contributed by atoms with Gasteiger partial charge in [0.25, 0.3) is 0 Å². The molecule has 1 aromatic rings. The zero-order valence-corrected chi connectivity index (χ0v) is 27.6. The van der Waals surface area contributed by atoms with Gasteiger partial charge in [-0.15, -0.1) is 0 Å². The fourth-order valence-electron chi connectivity index (χ4n) is 7.72. The highest BCUT2D eigenvalue weighted by atomic mass is 16.5. The Morgan fingerprint density at radius 2 is 1.56 bits per heavy atom. The number of ether oxygens (including phenoxy) is 1. The average molecular weight is 587 g/mol. The Hall–Kier alpha value is -3.05. The average Bonchev–Trinajstić information content (AvgIpc) is 3.31. The molecule has 2 bridgehead atoms. The van der Waals surface area contributed by atoms with E-state index in [0.717, 1.165) is 16.7 Å². The number of allylic oxidation sites excluding steroid dienone is 8. The van der Waals surface area contributed by atoms with Crippen LogP contribution in [0.4, 0.5) is 0 Å². The van der Waals surface area contributed by atoms with Crippen molar-refractivity contribution in [1.29, 1.82) is 0 Å². The number of aliphatic hydroxyl groups is 1. The van der Waals surface area contributed by atoms with Crippen LogP contribution in [0.15, 0.2) is 76.6 Å². The first-order valence-corrected chi connectivity index (χ1v) is 15.7. The first-order chi connectivity index (χ1) is 20.0. The fourth-order valence-corrected chi connectivity index (χ4v) is 7.72. The Bertz CT molecular complexity index is 1410. The summed E-state index contributed by atoms with van der Waals surface area (Å²) in [4.78, 5) is 45.8. The van der Waals surface area contributed by atoms with E-state index in [2.05, 4.69) is 26.0 Å². The zero-order valence-electron chi connectivity index (χ0n) is 27.6. The molecule has 1 N–H and O–H groups in total. The van der Waals surface area contributed by atoms with Gasteiger partial charge in [-0.2, -0.15) is 0 Å². The van der Waals surface area contributed by atoms with Crippen molar-refractivity contribution >= 4 is 17.3 Å². The molecule has 1 saturated heterocycles. The molecule has 1 heterocycles. The Labute approximate surface area is 258 Å². The summed E-state index contributed by atoms with van der Waals surface area (Å²) in [6.45, 7) is 17.5. The molecule has 0 aromatic heterocycles. The molecule has 1 aliphatic heterocycles. The highest BCUT2D eigenvalue weighted by molar-refractivity contribution is 6.36. The Morgan fingerprint density at radius 3 is 2.12 bits per heavy atom. The molecule has 1 spiro atoms. The van der Waals surface area contributed by atoms with Gasteiger partial charge in [-0.1, -0.05) is 72.2 Å². The molecule has 1 aromatic carbocycles. The molecule has 43 heavy (non-hydrogen) atoms. The number of hydrogen-bond donors (Lipinski definition) is 1. The highest BCUT2D eigenvalue weighted by Crippen LogP contribution is 2.70. The molecule has 0 amide bonds. The van der Waals surface area contributed by atoms with Crippen molar-refractivity contribution < 1.29 is 24.2 Å². The van der Waals surface area contributed by atoms with Crippen LogP contribution in [0, 0.1) is 22.2 Å². The summed E-state index contributed by atoms with van der Waals surface area (Å²) >= 11 is 0. The van der Waals surface area contributed by atoms with Crippen molar-refractivity contribution in [3.63, 3.8) is 0 Å². The Balaban J connectivity index is 2.11. The quantitative estimate of drug-likeness (QED) is 0.169. The van der Waals surface area contributed by atoms with E-state index >= 15 is 14.4 Å². The molecule has 2 aliphatic carbocycles. The third-order valence-electron chi connectivity index (χ3n) is 10.2. The second-order valence-corrected chi connectivity index (χ2v) is 14.6. The summed E-state index contributed by atoms with van der Waals surface area (Å²) in [7, 11) is 0. The monoisotopic (exact) mass is 586 g/mol. The standard InChI is InChI=1S/C38H50O5/c1-24(2)14-13-21-36(9)28(19-17-25(3)4)22-37-23-30(35(7,8)42)43-33(37)29(20-18-26(5)6)32(40)38(36,34(37)41)31(39)27-15-11-10-12-16-27/h10-12,14-18,28,30,42H,13,19-23H2,1-9H3/t28-,30+,36+,37-,38+/m0/s1. The molecule has 232 valence electrons. The number of ketones is 3. The van der Waals surface area contributed by atoms with E-state index in [0.29, 0.717) is 42.6 Å². The van der Waals surface area contributed by atoms with E-state index in [9.17, 15) is 5.11 Å². The normalized spacial score (nSPS) is 29.9. The van der Waals surface area contributed by atoms with Gasteiger partial charge in [0.05, 0.1) is 11.0 Å². The molecule has 5 heteroatoms. The maximum absolute atomic E-state index is 15.4. The lowest BCUT2D eigenvalue weighted by Gasteiger charge is -2.60. The molecule has 3 aliphatic rings. The molecular weight excluding hydrogens is 536 g/mol. The number of Topliss-reactive ketones (excluding diaryl/α,β-unsaturated/α-hetero) is 3. The van der Waals surface area contributed by atoms with Gasteiger partial charge in [-0.3, -0.25) is 14.4 Å². The second kappa shape index (κ2) is 11.8. The first-order valence-electron chi connectivity index (χ1n) is 15.7. The summed E-state index contributed by atoms with van der Waals surface area (Å²) < 4.78 is 6.50. The third kappa shape index (κ3) is 5.43. The fraction of sp³-hybridized carbons (Fsp3) is 0.553. The van der Waals surface area contributed by atoms with Crippen LogP contribution in [0.1, 0.15) is 111 Å². The van der Waals surface area contributed by atoms with Crippen LogP contribution in [-0.2, 0) is 14.3 Å². The predicted molar refractivity (Wildman–Crippen MR) is 171 cm³/mol. The van der Waals surface area contributed by atoms with Gasteiger partial charge in [-0.25, -0.2) is 0 Å². The molecule has 5 nitrogen and oxygen atoms in total. The van der Waals surface area contributed by atoms with Gasteiger partial charge < -0.3 is 9.84 Å². The van der Waals surface area contributed by atoms with E-state index in [-0.39, 0.29) is 24.5 Å². The molecule has 5 atom stereocenters. The minimum absolute atomic E-state index is 0.147. The van der Waals surface area contributed by atoms with Crippen LogP contribution in [0.25, 0.3) is 0 Å². The van der Waals surface area contributed by atoms with Crippen LogP contribution in [0.2, 0.25) is 0 Å². The molecule has 0 unspecified atom stereocenters. The lowest BCUT2D eigenvalue weighted by Crippen LogP contribution is -2.70. The lowest BCUT2D eigenvalue weighted by atomic mass is 9.38. The topological polar surface area (TPSA) is 80.7 Å². The van der Waals surface area contributed by atoms with Crippen molar-refractivity contribution in [2.75, 3.05) is 0 Å². The lowest BCUT2D eigenvalue weighted by molar-refractivity contribution is -0.165. The smallest absolute Gasteiger partial charge is 0.184 e. The van der Waals surface area contributed by atoms with Crippen LogP contribution >= 0.6 is 0 Å². The number of carbonyl (C=O) groups excluding carboxylic acids is 3. The SMILES string of the molecule is CC(C)=CCC[C@]1(C)[C@@H](CC=C(C)C)C[C@]23C[C@H](C(C)(C)O)OC2=C(CC=C(C)C)C(=O)[C@]1(C(=O)c1ccccc1)C3=O. The molecule has 1 saturated carbocycles. The van der Waals surface area contributed by atoms with Gasteiger partial charge in [0.1, 0.15) is 11.9 Å². The summed E-state index contributed by atoms with van der Waals surface area (Å²) in [5, 5.41) is 11.1. The number of benzene rings is 1. The van der Waals surface area contributed by atoms with Crippen molar-refractivity contribution in [3.8, 4) is 0 Å². The van der Waals surface area contributed by atoms with Gasteiger partial charge in [0.15, 0.2) is 22.8 Å².